The molecule has 0 radical (unpaired) electrons. The molecule has 1 aliphatic carbocycles. The molecule has 0 spiro atoms. The molecule has 0 N–H and O–H groups in total. The summed E-state index contributed by atoms with van der Waals surface area (Å²) in [4.78, 5) is 18.2. The minimum atomic E-state index is 0.616. The number of anilines is 2. The van der Waals surface area contributed by atoms with Gasteiger partial charge in [0.1, 0.15) is 5.82 Å². The van der Waals surface area contributed by atoms with E-state index in [2.05, 4.69) is 24.1 Å². The molecule has 0 bridgehead atoms. The van der Waals surface area contributed by atoms with Crippen LogP contribution in [0.4, 0.5) is 11.1 Å². The maximum Gasteiger partial charge on any atom is 0.228 e. The van der Waals surface area contributed by atoms with Crippen molar-refractivity contribution in [1.82, 2.24) is 19.3 Å². The second-order valence-electron chi connectivity index (χ2n) is 6.16. The molecule has 2 aromatic rings. The smallest absolute Gasteiger partial charge is 0.228 e. The second kappa shape index (κ2) is 6.88. The zero-order valence-corrected chi connectivity index (χ0v) is 14.7. The van der Waals surface area contributed by atoms with Crippen LogP contribution in [-0.4, -0.2) is 52.1 Å². The van der Waals surface area contributed by atoms with Gasteiger partial charge in [-0.3, -0.25) is 0 Å². The summed E-state index contributed by atoms with van der Waals surface area (Å²) in [6.07, 6.45) is 5.32. The van der Waals surface area contributed by atoms with Crippen molar-refractivity contribution in [2.45, 2.75) is 32.1 Å². The molecule has 2 aliphatic rings. The quantitative estimate of drug-likeness (QED) is 0.823. The van der Waals surface area contributed by atoms with E-state index in [0.29, 0.717) is 18.4 Å². The number of ether oxygens (including phenoxy) is 1. The Bertz CT molecular complexity index is 689. The number of rotatable bonds is 5. The van der Waals surface area contributed by atoms with Crippen LogP contribution in [0, 0.1) is 0 Å². The number of hydrogen-bond acceptors (Lipinski definition) is 8. The molecule has 4 rings (SSSR count). The molecule has 2 aromatic heterocycles. The highest BCUT2D eigenvalue weighted by molar-refractivity contribution is 7.09. The van der Waals surface area contributed by atoms with E-state index in [1.807, 2.05) is 6.92 Å². The fourth-order valence-corrected chi connectivity index (χ4v) is 3.68. The van der Waals surface area contributed by atoms with Crippen LogP contribution in [0.1, 0.15) is 37.9 Å². The van der Waals surface area contributed by atoms with Crippen LogP contribution in [0.3, 0.4) is 0 Å². The third-order valence-electron chi connectivity index (χ3n) is 4.33. The van der Waals surface area contributed by atoms with Crippen molar-refractivity contribution in [2.75, 3.05) is 42.6 Å². The zero-order chi connectivity index (χ0) is 16.4. The molecule has 0 amide bonds. The number of aromatic nitrogens is 4. The molecular weight excluding hydrogens is 324 g/mol. The number of nitrogens with zero attached hydrogens (tertiary/aromatic N) is 6. The van der Waals surface area contributed by atoms with Crippen LogP contribution in [0.2, 0.25) is 0 Å². The first-order valence-corrected chi connectivity index (χ1v) is 9.40. The van der Waals surface area contributed by atoms with Crippen LogP contribution in [-0.2, 0) is 0 Å². The average Bonchev–Trinajstić information content (AvgIpc) is 3.38. The molecule has 1 aliphatic heterocycles. The van der Waals surface area contributed by atoms with Crippen LogP contribution in [0.5, 0.6) is 5.88 Å². The molecule has 128 valence electrons. The van der Waals surface area contributed by atoms with E-state index in [9.17, 15) is 0 Å². The van der Waals surface area contributed by atoms with Crippen molar-refractivity contribution in [2.24, 2.45) is 0 Å². The lowest BCUT2D eigenvalue weighted by atomic mass is 10.4. The van der Waals surface area contributed by atoms with E-state index in [0.717, 1.165) is 49.5 Å². The fourth-order valence-electron chi connectivity index (χ4n) is 2.88. The van der Waals surface area contributed by atoms with E-state index in [4.69, 9.17) is 9.72 Å². The van der Waals surface area contributed by atoms with E-state index in [1.54, 1.807) is 12.3 Å². The van der Waals surface area contributed by atoms with Crippen LogP contribution < -0.4 is 14.5 Å². The van der Waals surface area contributed by atoms with Gasteiger partial charge < -0.3 is 14.5 Å². The molecule has 8 heteroatoms. The SMILES string of the molecule is CCOc1ccnc(N2CCCN(c3nc(C4CC4)ns3)CC2)n1. The molecule has 0 unspecified atom stereocenters. The maximum absolute atomic E-state index is 5.49. The standard InChI is InChI=1S/C16H22N6OS/c1-2-23-13-6-7-17-15(18-13)21-8-3-9-22(11-10-21)16-19-14(20-24-16)12-4-5-12/h6-7,12H,2-5,8-11H2,1H3. The molecule has 1 saturated heterocycles. The molecule has 1 saturated carbocycles. The highest BCUT2D eigenvalue weighted by Crippen LogP contribution is 2.39. The predicted octanol–water partition coefficient (Wildman–Crippen LogP) is 2.32. The van der Waals surface area contributed by atoms with Gasteiger partial charge in [-0.25, -0.2) is 9.97 Å². The van der Waals surface area contributed by atoms with E-state index < -0.39 is 0 Å². The third-order valence-corrected chi connectivity index (χ3v) is 5.12. The zero-order valence-electron chi connectivity index (χ0n) is 13.9. The van der Waals surface area contributed by atoms with E-state index >= 15 is 0 Å². The maximum atomic E-state index is 5.49. The van der Waals surface area contributed by atoms with Crippen molar-refractivity contribution < 1.29 is 4.74 Å². The summed E-state index contributed by atoms with van der Waals surface area (Å²) in [6, 6.07) is 1.80. The summed E-state index contributed by atoms with van der Waals surface area (Å²) in [5.41, 5.74) is 0. The van der Waals surface area contributed by atoms with Gasteiger partial charge in [0, 0.05) is 55.9 Å². The highest BCUT2D eigenvalue weighted by atomic mass is 32.1. The molecule has 2 fully saturated rings. The van der Waals surface area contributed by atoms with Gasteiger partial charge in [-0.2, -0.15) is 9.36 Å². The summed E-state index contributed by atoms with van der Waals surface area (Å²) >= 11 is 1.53. The normalized spacial score (nSPS) is 18.5. The largest absolute Gasteiger partial charge is 0.478 e. The number of hydrogen-bond donors (Lipinski definition) is 0. The van der Waals surface area contributed by atoms with Gasteiger partial charge in [-0.05, 0) is 26.2 Å². The Morgan fingerprint density at radius 1 is 1.17 bits per heavy atom. The second-order valence-corrected chi connectivity index (χ2v) is 6.90. The summed E-state index contributed by atoms with van der Waals surface area (Å²) in [5, 5.41) is 1.06. The predicted molar refractivity (Wildman–Crippen MR) is 94.1 cm³/mol. The highest BCUT2D eigenvalue weighted by Gasteiger charge is 2.29. The Kier molecular flexibility index (Phi) is 4.46. The monoisotopic (exact) mass is 346 g/mol. The fraction of sp³-hybridized carbons (Fsp3) is 0.625. The topological polar surface area (TPSA) is 67.3 Å². The van der Waals surface area contributed by atoms with E-state index in [-0.39, 0.29) is 0 Å². The van der Waals surface area contributed by atoms with Gasteiger partial charge in [0.05, 0.1) is 6.61 Å². The summed E-state index contributed by atoms with van der Waals surface area (Å²) < 4.78 is 10.0. The average molecular weight is 346 g/mol. The van der Waals surface area contributed by atoms with Crippen LogP contribution >= 0.6 is 11.5 Å². The lowest BCUT2D eigenvalue weighted by Crippen LogP contribution is -2.31. The first-order valence-electron chi connectivity index (χ1n) is 8.63. The first-order chi connectivity index (χ1) is 11.8. The molecule has 7 nitrogen and oxygen atoms in total. The Labute approximate surface area is 145 Å². The summed E-state index contributed by atoms with van der Waals surface area (Å²) in [7, 11) is 0. The molecule has 24 heavy (non-hydrogen) atoms. The van der Waals surface area contributed by atoms with Gasteiger partial charge in [0.25, 0.3) is 0 Å². The molecular formula is C16H22N6OS. The van der Waals surface area contributed by atoms with Gasteiger partial charge in [-0.15, -0.1) is 0 Å². The Hall–Kier alpha value is -1.96. The van der Waals surface area contributed by atoms with Crippen molar-refractivity contribution in [3.8, 4) is 5.88 Å². The van der Waals surface area contributed by atoms with Crippen molar-refractivity contribution >= 4 is 22.6 Å². The van der Waals surface area contributed by atoms with Crippen molar-refractivity contribution in [3.05, 3.63) is 18.1 Å². The van der Waals surface area contributed by atoms with Crippen LogP contribution in [0.15, 0.2) is 12.3 Å². The molecule has 0 atom stereocenters. The van der Waals surface area contributed by atoms with Crippen molar-refractivity contribution in [3.63, 3.8) is 0 Å². The first kappa shape index (κ1) is 15.6. The van der Waals surface area contributed by atoms with Crippen molar-refractivity contribution in [1.29, 1.82) is 0 Å². The lowest BCUT2D eigenvalue weighted by molar-refractivity contribution is 0.326. The Morgan fingerprint density at radius 2 is 2.00 bits per heavy atom. The summed E-state index contributed by atoms with van der Waals surface area (Å²) in [5.74, 6) is 3.05. The Balaban J connectivity index is 1.42. The van der Waals surface area contributed by atoms with E-state index in [1.165, 1.54) is 24.4 Å². The summed E-state index contributed by atoms with van der Waals surface area (Å²) in [6.45, 7) is 6.32. The van der Waals surface area contributed by atoms with Gasteiger partial charge >= 0.3 is 0 Å². The Morgan fingerprint density at radius 3 is 2.83 bits per heavy atom. The van der Waals surface area contributed by atoms with Gasteiger partial charge in [0.2, 0.25) is 17.0 Å². The van der Waals surface area contributed by atoms with Gasteiger partial charge in [-0.1, -0.05) is 0 Å². The third kappa shape index (κ3) is 3.43. The minimum absolute atomic E-state index is 0.616. The lowest BCUT2D eigenvalue weighted by Gasteiger charge is -2.21. The molecule has 0 aromatic carbocycles. The minimum Gasteiger partial charge on any atom is -0.478 e. The molecule has 3 heterocycles. The van der Waals surface area contributed by atoms with Crippen LogP contribution in [0.25, 0.3) is 0 Å². The van der Waals surface area contributed by atoms with Gasteiger partial charge in [0.15, 0.2) is 0 Å².